The topological polar surface area (TPSA) is 35.5 Å². The second kappa shape index (κ2) is 6.25. The molecule has 0 aliphatic rings. The number of phenols is 1. The standard InChI is InChI=1S/C15H16Cl2N2O/c1-19(2)14-6-4-3-5-13(14)18-9-10-7-11(16)8-12(17)15(10)20/h3-8,18,20H,9H2,1-2H3. The Balaban J connectivity index is 2.21. The molecule has 3 nitrogen and oxygen atoms in total. The summed E-state index contributed by atoms with van der Waals surface area (Å²) < 4.78 is 0. The number of benzene rings is 2. The number of para-hydroxylation sites is 2. The largest absolute Gasteiger partial charge is 0.506 e. The van der Waals surface area contributed by atoms with Gasteiger partial charge in [-0.15, -0.1) is 0 Å². The number of hydrogen-bond acceptors (Lipinski definition) is 3. The monoisotopic (exact) mass is 310 g/mol. The lowest BCUT2D eigenvalue weighted by Crippen LogP contribution is -2.12. The quantitative estimate of drug-likeness (QED) is 0.880. The zero-order valence-corrected chi connectivity index (χ0v) is 12.8. The van der Waals surface area contributed by atoms with Crippen molar-refractivity contribution in [2.45, 2.75) is 6.54 Å². The molecule has 0 bridgehead atoms. The smallest absolute Gasteiger partial charge is 0.139 e. The number of nitrogens with one attached hydrogen (secondary N) is 1. The normalized spacial score (nSPS) is 10.4. The van der Waals surface area contributed by atoms with Gasteiger partial charge >= 0.3 is 0 Å². The van der Waals surface area contributed by atoms with Gasteiger partial charge in [-0.1, -0.05) is 35.3 Å². The summed E-state index contributed by atoms with van der Waals surface area (Å²) in [5.41, 5.74) is 2.71. The van der Waals surface area contributed by atoms with Crippen LogP contribution >= 0.6 is 23.2 Å². The van der Waals surface area contributed by atoms with Crippen molar-refractivity contribution in [1.29, 1.82) is 0 Å². The van der Waals surface area contributed by atoms with E-state index in [0.29, 0.717) is 17.1 Å². The summed E-state index contributed by atoms with van der Waals surface area (Å²) in [4.78, 5) is 2.02. The summed E-state index contributed by atoms with van der Waals surface area (Å²) in [7, 11) is 3.96. The summed E-state index contributed by atoms with van der Waals surface area (Å²) in [5.74, 6) is 0.0610. The van der Waals surface area contributed by atoms with Crippen LogP contribution in [-0.2, 0) is 6.54 Å². The minimum Gasteiger partial charge on any atom is -0.506 e. The molecule has 5 heteroatoms. The van der Waals surface area contributed by atoms with Gasteiger partial charge in [-0.2, -0.15) is 0 Å². The molecule has 106 valence electrons. The fourth-order valence-corrected chi connectivity index (χ4v) is 2.49. The van der Waals surface area contributed by atoms with Crippen molar-refractivity contribution in [1.82, 2.24) is 0 Å². The lowest BCUT2D eigenvalue weighted by atomic mass is 10.2. The Bertz CT molecular complexity index is 615. The highest BCUT2D eigenvalue weighted by Gasteiger charge is 2.09. The molecule has 0 aliphatic heterocycles. The zero-order valence-electron chi connectivity index (χ0n) is 11.3. The van der Waals surface area contributed by atoms with Crippen molar-refractivity contribution >= 4 is 34.6 Å². The van der Waals surface area contributed by atoms with Gasteiger partial charge in [0, 0.05) is 31.2 Å². The molecule has 0 fully saturated rings. The third-order valence-electron chi connectivity index (χ3n) is 2.96. The SMILES string of the molecule is CN(C)c1ccccc1NCc1cc(Cl)cc(Cl)c1O. The molecular formula is C15H16Cl2N2O. The molecule has 2 N–H and O–H groups in total. The second-order valence-electron chi connectivity index (χ2n) is 4.66. The fourth-order valence-electron chi connectivity index (χ4n) is 1.96. The Labute approximate surface area is 128 Å². The van der Waals surface area contributed by atoms with Crippen LogP contribution in [0.25, 0.3) is 0 Å². The molecule has 20 heavy (non-hydrogen) atoms. The van der Waals surface area contributed by atoms with Gasteiger partial charge in [-0.25, -0.2) is 0 Å². The predicted octanol–water partition coefficient (Wildman–Crippen LogP) is 4.38. The first-order chi connectivity index (χ1) is 9.49. The highest BCUT2D eigenvalue weighted by Crippen LogP contribution is 2.32. The molecule has 0 unspecified atom stereocenters. The first kappa shape index (κ1) is 14.8. The second-order valence-corrected chi connectivity index (χ2v) is 5.50. The summed E-state index contributed by atoms with van der Waals surface area (Å²) >= 11 is 11.9. The Hall–Kier alpha value is -1.58. The lowest BCUT2D eigenvalue weighted by Gasteiger charge is -2.18. The Kier molecular flexibility index (Phi) is 4.63. The van der Waals surface area contributed by atoms with Crippen LogP contribution in [0.2, 0.25) is 10.0 Å². The number of hydrogen-bond donors (Lipinski definition) is 2. The number of aromatic hydroxyl groups is 1. The summed E-state index contributed by atoms with van der Waals surface area (Å²) in [6, 6.07) is 11.2. The predicted molar refractivity (Wildman–Crippen MR) is 86.2 cm³/mol. The maximum atomic E-state index is 9.94. The van der Waals surface area contributed by atoms with Gasteiger partial charge in [-0.3, -0.25) is 0 Å². The minimum atomic E-state index is 0.0610. The van der Waals surface area contributed by atoms with Gasteiger partial charge in [0.2, 0.25) is 0 Å². The number of anilines is 2. The first-order valence-electron chi connectivity index (χ1n) is 6.16. The molecule has 2 aromatic carbocycles. The third-order valence-corrected chi connectivity index (χ3v) is 3.47. The van der Waals surface area contributed by atoms with Crippen molar-refractivity contribution in [3.8, 4) is 5.75 Å². The van der Waals surface area contributed by atoms with E-state index in [4.69, 9.17) is 23.2 Å². The van der Waals surface area contributed by atoms with E-state index in [-0.39, 0.29) is 10.8 Å². The van der Waals surface area contributed by atoms with Gasteiger partial charge in [-0.05, 0) is 24.3 Å². The van der Waals surface area contributed by atoms with Crippen molar-refractivity contribution in [2.75, 3.05) is 24.3 Å². The number of rotatable bonds is 4. The van der Waals surface area contributed by atoms with Crippen LogP contribution in [-0.4, -0.2) is 19.2 Å². The summed E-state index contributed by atoms with van der Waals surface area (Å²) in [5, 5.41) is 14.0. The average Bonchev–Trinajstić information content (AvgIpc) is 2.41. The molecule has 2 aromatic rings. The molecule has 0 aliphatic carbocycles. The third kappa shape index (κ3) is 3.30. The molecule has 2 rings (SSSR count). The molecular weight excluding hydrogens is 295 g/mol. The van der Waals surface area contributed by atoms with E-state index in [9.17, 15) is 5.11 Å². The molecule has 0 aromatic heterocycles. The summed E-state index contributed by atoms with van der Waals surface area (Å²) in [6.45, 7) is 0.441. The van der Waals surface area contributed by atoms with Crippen molar-refractivity contribution in [3.63, 3.8) is 0 Å². The molecule has 0 heterocycles. The molecule has 0 spiro atoms. The molecule has 0 radical (unpaired) electrons. The number of nitrogens with zero attached hydrogens (tertiary/aromatic N) is 1. The Morgan fingerprint density at radius 2 is 1.85 bits per heavy atom. The van der Waals surface area contributed by atoms with Crippen LogP contribution in [0.4, 0.5) is 11.4 Å². The maximum Gasteiger partial charge on any atom is 0.139 e. The molecule has 0 saturated heterocycles. The van der Waals surface area contributed by atoms with Gasteiger partial charge in [0.15, 0.2) is 0 Å². The fraction of sp³-hybridized carbons (Fsp3) is 0.200. The van der Waals surface area contributed by atoms with E-state index in [1.54, 1.807) is 6.07 Å². The Morgan fingerprint density at radius 3 is 2.55 bits per heavy atom. The van der Waals surface area contributed by atoms with Crippen LogP contribution in [0.1, 0.15) is 5.56 Å². The van der Waals surface area contributed by atoms with E-state index in [1.807, 2.05) is 43.3 Å². The molecule has 0 atom stereocenters. The number of halogens is 2. The van der Waals surface area contributed by atoms with E-state index in [2.05, 4.69) is 5.32 Å². The minimum absolute atomic E-state index is 0.0610. The maximum absolute atomic E-state index is 9.94. The van der Waals surface area contributed by atoms with Gasteiger partial charge in [0.25, 0.3) is 0 Å². The first-order valence-corrected chi connectivity index (χ1v) is 6.91. The Morgan fingerprint density at radius 1 is 1.15 bits per heavy atom. The van der Waals surface area contributed by atoms with Gasteiger partial charge in [0.05, 0.1) is 16.4 Å². The van der Waals surface area contributed by atoms with Crippen LogP contribution in [0, 0.1) is 0 Å². The van der Waals surface area contributed by atoms with E-state index in [1.165, 1.54) is 6.07 Å². The highest BCUT2D eigenvalue weighted by molar-refractivity contribution is 6.35. The summed E-state index contributed by atoms with van der Waals surface area (Å²) in [6.07, 6.45) is 0. The van der Waals surface area contributed by atoms with Crippen LogP contribution in [0.3, 0.4) is 0 Å². The van der Waals surface area contributed by atoms with Gasteiger partial charge in [0.1, 0.15) is 5.75 Å². The van der Waals surface area contributed by atoms with E-state index in [0.717, 1.165) is 11.4 Å². The van der Waals surface area contributed by atoms with E-state index >= 15 is 0 Å². The van der Waals surface area contributed by atoms with Crippen molar-refractivity contribution in [2.24, 2.45) is 0 Å². The van der Waals surface area contributed by atoms with Crippen LogP contribution < -0.4 is 10.2 Å². The van der Waals surface area contributed by atoms with Crippen molar-refractivity contribution < 1.29 is 5.11 Å². The molecule has 0 amide bonds. The average molecular weight is 311 g/mol. The lowest BCUT2D eigenvalue weighted by molar-refractivity contribution is 0.469. The highest BCUT2D eigenvalue weighted by atomic mass is 35.5. The number of phenolic OH excluding ortho intramolecular Hbond substituents is 1. The van der Waals surface area contributed by atoms with E-state index < -0.39 is 0 Å². The van der Waals surface area contributed by atoms with Gasteiger partial charge < -0.3 is 15.3 Å². The van der Waals surface area contributed by atoms with Crippen molar-refractivity contribution in [3.05, 3.63) is 52.0 Å². The molecule has 0 saturated carbocycles. The zero-order chi connectivity index (χ0) is 14.7. The van der Waals surface area contributed by atoms with Crippen LogP contribution in [0.15, 0.2) is 36.4 Å². The van der Waals surface area contributed by atoms with Crippen LogP contribution in [0.5, 0.6) is 5.75 Å².